The first-order valence-corrected chi connectivity index (χ1v) is 7.32. The van der Waals surface area contributed by atoms with Crippen molar-refractivity contribution in [3.05, 3.63) is 33.9 Å². The molecule has 1 unspecified atom stereocenters. The minimum atomic E-state index is -0.606. The molecule has 116 valence electrons. The van der Waals surface area contributed by atoms with E-state index in [-0.39, 0.29) is 17.5 Å². The van der Waals surface area contributed by atoms with Crippen molar-refractivity contribution < 1.29 is 14.8 Å². The summed E-state index contributed by atoms with van der Waals surface area (Å²) in [4.78, 5) is 10.7. The van der Waals surface area contributed by atoms with E-state index < -0.39 is 10.5 Å². The lowest BCUT2D eigenvalue weighted by Gasteiger charge is -2.37. The minimum absolute atomic E-state index is 0.0228. The number of nitrogens with one attached hydrogen (secondary N) is 1. The highest BCUT2D eigenvalue weighted by atomic mass is 16.6. The summed E-state index contributed by atoms with van der Waals surface area (Å²) in [5.41, 5.74) is 0.185. The van der Waals surface area contributed by atoms with Crippen LogP contribution >= 0.6 is 0 Å². The molecule has 2 N–H and O–H groups in total. The van der Waals surface area contributed by atoms with E-state index in [1.165, 1.54) is 6.07 Å². The van der Waals surface area contributed by atoms with Crippen LogP contribution in [0.5, 0.6) is 5.75 Å². The van der Waals surface area contributed by atoms with E-state index in [4.69, 9.17) is 4.74 Å². The van der Waals surface area contributed by atoms with Gasteiger partial charge in [-0.3, -0.25) is 10.1 Å². The molecule has 2 rings (SSSR count). The first-order valence-electron chi connectivity index (χ1n) is 7.32. The molecule has 0 saturated heterocycles. The van der Waals surface area contributed by atoms with Crippen LogP contribution in [0.25, 0.3) is 0 Å². The summed E-state index contributed by atoms with van der Waals surface area (Å²) in [6.07, 6.45) is 2.69. The van der Waals surface area contributed by atoms with Crippen LogP contribution in [0.4, 0.5) is 5.69 Å². The van der Waals surface area contributed by atoms with Gasteiger partial charge >= 0.3 is 5.69 Å². The number of ether oxygens (including phenoxy) is 1. The number of aliphatic hydroxyl groups is 1. The van der Waals surface area contributed by atoms with Crippen LogP contribution in [0.2, 0.25) is 0 Å². The van der Waals surface area contributed by atoms with Crippen molar-refractivity contribution >= 4 is 5.69 Å². The summed E-state index contributed by atoms with van der Waals surface area (Å²) in [5.74, 6) is 0.288. The minimum Gasteiger partial charge on any atom is -0.487 e. The predicted molar refractivity (Wildman–Crippen MR) is 79.5 cm³/mol. The highest BCUT2D eigenvalue weighted by molar-refractivity contribution is 5.49. The number of hydrogen-bond donors (Lipinski definition) is 2. The maximum Gasteiger partial charge on any atom is 0.311 e. The average Bonchev–Trinajstić information content (AvgIpc) is 2.43. The zero-order valence-corrected chi connectivity index (χ0v) is 12.5. The van der Waals surface area contributed by atoms with Crippen molar-refractivity contribution in [3.63, 3.8) is 0 Å². The van der Waals surface area contributed by atoms with Crippen molar-refractivity contribution in [1.29, 1.82) is 0 Å². The molecule has 1 aromatic carbocycles. The van der Waals surface area contributed by atoms with Crippen LogP contribution in [-0.2, 0) is 0 Å². The van der Waals surface area contributed by atoms with Gasteiger partial charge in [0.25, 0.3) is 0 Å². The van der Waals surface area contributed by atoms with Gasteiger partial charge in [-0.05, 0) is 44.7 Å². The lowest BCUT2D eigenvalue weighted by Crippen LogP contribution is -2.46. The summed E-state index contributed by atoms with van der Waals surface area (Å²) in [6, 6.07) is 4.92. The normalized spacial score (nSPS) is 17.9. The number of rotatable bonds is 7. The number of benzene rings is 1. The first kappa shape index (κ1) is 15.7. The predicted octanol–water partition coefficient (Wildman–Crippen LogP) is 2.56. The highest BCUT2D eigenvalue weighted by Crippen LogP contribution is 2.33. The van der Waals surface area contributed by atoms with E-state index in [0.29, 0.717) is 13.2 Å². The van der Waals surface area contributed by atoms with Crippen LogP contribution in [0.1, 0.15) is 44.7 Å². The molecule has 0 heterocycles. The van der Waals surface area contributed by atoms with E-state index in [1.54, 1.807) is 13.0 Å². The van der Waals surface area contributed by atoms with Crippen molar-refractivity contribution in [1.82, 2.24) is 5.32 Å². The van der Waals surface area contributed by atoms with Crippen molar-refractivity contribution in [2.45, 2.75) is 44.8 Å². The molecule has 6 heteroatoms. The molecule has 1 aliphatic rings. The zero-order chi connectivity index (χ0) is 15.5. The largest absolute Gasteiger partial charge is 0.487 e. The Kier molecular flexibility index (Phi) is 4.80. The van der Waals surface area contributed by atoms with E-state index in [9.17, 15) is 15.2 Å². The van der Waals surface area contributed by atoms with Crippen molar-refractivity contribution in [2.24, 2.45) is 0 Å². The maximum absolute atomic E-state index is 11.1. The average molecular weight is 294 g/mol. The van der Waals surface area contributed by atoms with Gasteiger partial charge in [-0.15, -0.1) is 0 Å². The van der Waals surface area contributed by atoms with Gasteiger partial charge in [0.15, 0.2) is 5.75 Å². The Morgan fingerprint density at radius 2 is 2.24 bits per heavy atom. The summed E-state index contributed by atoms with van der Waals surface area (Å²) < 4.78 is 5.27. The number of nitro groups is 1. The van der Waals surface area contributed by atoms with Crippen LogP contribution < -0.4 is 10.1 Å². The summed E-state index contributed by atoms with van der Waals surface area (Å²) in [7, 11) is 0. The molecular weight excluding hydrogens is 272 g/mol. The summed E-state index contributed by atoms with van der Waals surface area (Å²) in [6.45, 7) is 4.62. The molecule has 0 amide bonds. The van der Waals surface area contributed by atoms with Gasteiger partial charge in [-0.2, -0.15) is 0 Å². The van der Waals surface area contributed by atoms with Gasteiger partial charge in [0.1, 0.15) is 0 Å². The Morgan fingerprint density at radius 1 is 1.52 bits per heavy atom. The SMILES string of the molecule is CCOc1ccc(C(C)NCC2(O)CCC2)cc1[N+](=O)[O-]. The molecule has 0 aliphatic heterocycles. The Morgan fingerprint density at radius 3 is 2.76 bits per heavy atom. The third-order valence-corrected chi connectivity index (χ3v) is 4.00. The van der Waals surface area contributed by atoms with E-state index in [2.05, 4.69) is 5.32 Å². The second kappa shape index (κ2) is 6.41. The maximum atomic E-state index is 11.1. The Balaban J connectivity index is 2.07. The zero-order valence-electron chi connectivity index (χ0n) is 12.5. The fourth-order valence-corrected chi connectivity index (χ4v) is 2.45. The molecule has 0 spiro atoms. The van der Waals surface area contributed by atoms with E-state index >= 15 is 0 Å². The molecule has 1 saturated carbocycles. The highest BCUT2D eigenvalue weighted by Gasteiger charge is 2.34. The molecule has 6 nitrogen and oxygen atoms in total. The summed E-state index contributed by atoms with van der Waals surface area (Å²) >= 11 is 0. The molecule has 1 aromatic rings. The number of nitrogens with zero attached hydrogens (tertiary/aromatic N) is 1. The van der Waals surface area contributed by atoms with Crippen LogP contribution in [0.15, 0.2) is 18.2 Å². The third kappa shape index (κ3) is 3.71. The smallest absolute Gasteiger partial charge is 0.311 e. The lowest BCUT2D eigenvalue weighted by molar-refractivity contribution is -0.385. The number of nitro benzene ring substituents is 1. The second-order valence-corrected chi connectivity index (χ2v) is 5.60. The van der Waals surface area contributed by atoms with Gasteiger partial charge in [0, 0.05) is 18.7 Å². The molecular formula is C15H22N2O4. The van der Waals surface area contributed by atoms with Crippen LogP contribution in [0.3, 0.4) is 0 Å². The molecule has 0 bridgehead atoms. The van der Waals surface area contributed by atoms with Gasteiger partial charge in [-0.1, -0.05) is 6.07 Å². The Bertz CT molecular complexity index is 514. The topological polar surface area (TPSA) is 84.6 Å². The Hall–Kier alpha value is -1.66. The summed E-state index contributed by atoms with van der Waals surface area (Å²) in [5, 5.41) is 24.4. The standard InChI is InChI=1S/C15H22N2O4/c1-3-21-14-6-5-12(9-13(14)17(19)20)11(2)16-10-15(18)7-4-8-15/h5-6,9,11,16,18H,3-4,7-8,10H2,1-2H3. The van der Waals surface area contributed by atoms with Crippen LogP contribution in [-0.4, -0.2) is 28.8 Å². The Labute approximate surface area is 124 Å². The van der Waals surface area contributed by atoms with E-state index in [0.717, 1.165) is 24.8 Å². The van der Waals surface area contributed by atoms with Gasteiger partial charge < -0.3 is 15.2 Å². The fourth-order valence-electron chi connectivity index (χ4n) is 2.45. The van der Waals surface area contributed by atoms with Crippen LogP contribution in [0, 0.1) is 10.1 Å². The van der Waals surface area contributed by atoms with E-state index in [1.807, 2.05) is 13.0 Å². The van der Waals surface area contributed by atoms with Crippen molar-refractivity contribution in [2.75, 3.05) is 13.2 Å². The van der Waals surface area contributed by atoms with Gasteiger partial charge in [0.2, 0.25) is 0 Å². The molecule has 1 atom stereocenters. The van der Waals surface area contributed by atoms with Gasteiger partial charge in [0.05, 0.1) is 17.1 Å². The second-order valence-electron chi connectivity index (χ2n) is 5.60. The van der Waals surface area contributed by atoms with Gasteiger partial charge in [-0.25, -0.2) is 0 Å². The molecule has 0 radical (unpaired) electrons. The van der Waals surface area contributed by atoms with Crippen molar-refractivity contribution in [3.8, 4) is 5.75 Å². The third-order valence-electron chi connectivity index (χ3n) is 4.00. The molecule has 0 aromatic heterocycles. The fraction of sp³-hybridized carbons (Fsp3) is 0.600. The quantitative estimate of drug-likeness (QED) is 0.596. The molecule has 21 heavy (non-hydrogen) atoms. The monoisotopic (exact) mass is 294 g/mol. The molecule has 1 aliphatic carbocycles. The first-order chi connectivity index (χ1) is 9.95. The lowest BCUT2D eigenvalue weighted by atomic mass is 9.80. The number of hydrogen-bond acceptors (Lipinski definition) is 5. The molecule has 1 fully saturated rings.